The number of benzene rings is 2. The van der Waals surface area contributed by atoms with E-state index in [0.717, 1.165) is 25.3 Å². The van der Waals surface area contributed by atoms with E-state index in [1.54, 1.807) is 0 Å². The molecule has 0 fully saturated rings. The highest BCUT2D eigenvalue weighted by Crippen LogP contribution is 2.14. The summed E-state index contributed by atoms with van der Waals surface area (Å²) in [5.74, 6) is 0.893. The van der Waals surface area contributed by atoms with Crippen LogP contribution < -0.4 is 10.1 Å². The highest BCUT2D eigenvalue weighted by molar-refractivity contribution is 5.74. The molecule has 0 radical (unpaired) electrons. The molecule has 0 amide bonds. The fourth-order valence-corrected chi connectivity index (χ4v) is 2.25. The third-order valence-corrected chi connectivity index (χ3v) is 3.45. The van der Waals surface area contributed by atoms with Crippen LogP contribution in [0.3, 0.4) is 0 Å². The molecule has 114 valence electrons. The Morgan fingerprint density at radius 3 is 2.55 bits per heavy atom. The highest BCUT2D eigenvalue weighted by Gasteiger charge is 2.05. The quantitative estimate of drug-likeness (QED) is 0.891. The first kappa shape index (κ1) is 14.4. The Labute approximate surface area is 130 Å². The molecule has 1 N–H and O–H groups in total. The molecule has 1 aliphatic heterocycles. The van der Waals surface area contributed by atoms with E-state index in [1.165, 1.54) is 11.1 Å². The summed E-state index contributed by atoms with van der Waals surface area (Å²) in [7, 11) is 0. The second-order valence-corrected chi connectivity index (χ2v) is 5.13. The van der Waals surface area contributed by atoms with Gasteiger partial charge in [-0.15, -0.1) is 0 Å². The second kappa shape index (κ2) is 7.50. The molecule has 22 heavy (non-hydrogen) atoms. The van der Waals surface area contributed by atoms with Crippen LogP contribution >= 0.6 is 0 Å². The summed E-state index contributed by atoms with van der Waals surface area (Å²) in [5.41, 5.74) is 2.44. The number of nitrogens with one attached hydrogen (secondary N) is 1. The lowest BCUT2D eigenvalue weighted by atomic mass is 10.1. The van der Waals surface area contributed by atoms with Gasteiger partial charge in [0.25, 0.3) is 6.02 Å². The Bertz CT molecular complexity index is 609. The molecule has 4 nitrogen and oxygen atoms in total. The average molecular weight is 296 g/mol. The van der Waals surface area contributed by atoms with E-state index in [0.29, 0.717) is 19.2 Å². The van der Waals surface area contributed by atoms with E-state index in [-0.39, 0.29) is 0 Å². The number of hydrogen-bond acceptors (Lipinski definition) is 4. The Morgan fingerprint density at radius 2 is 1.82 bits per heavy atom. The molecule has 0 aliphatic carbocycles. The van der Waals surface area contributed by atoms with Crippen molar-refractivity contribution in [2.24, 2.45) is 4.99 Å². The molecule has 2 aromatic carbocycles. The van der Waals surface area contributed by atoms with Crippen LogP contribution in [0.5, 0.6) is 5.75 Å². The monoisotopic (exact) mass is 296 g/mol. The summed E-state index contributed by atoms with van der Waals surface area (Å²) < 4.78 is 11.1. The SMILES string of the molecule is c1ccc(COc2ccc(CCNC3=NCCO3)cc2)cc1. The molecule has 2 aromatic rings. The first-order valence-electron chi connectivity index (χ1n) is 7.57. The fourth-order valence-electron chi connectivity index (χ4n) is 2.25. The molecule has 0 saturated heterocycles. The van der Waals surface area contributed by atoms with Crippen LogP contribution in [0.1, 0.15) is 11.1 Å². The first-order chi connectivity index (χ1) is 10.9. The average Bonchev–Trinajstić information content (AvgIpc) is 3.08. The van der Waals surface area contributed by atoms with Crippen LogP contribution in [0, 0.1) is 0 Å². The molecular formula is C18H20N2O2. The van der Waals surface area contributed by atoms with E-state index < -0.39 is 0 Å². The minimum Gasteiger partial charge on any atom is -0.489 e. The zero-order valence-corrected chi connectivity index (χ0v) is 12.5. The van der Waals surface area contributed by atoms with Crippen LogP contribution in [0.25, 0.3) is 0 Å². The van der Waals surface area contributed by atoms with Crippen molar-refractivity contribution >= 4 is 6.02 Å². The molecule has 0 bridgehead atoms. The van der Waals surface area contributed by atoms with E-state index in [1.807, 2.05) is 30.3 Å². The Balaban J connectivity index is 1.43. The van der Waals surface area contributed by atoms with Gasteiger partial charge in [-0.25, -0.2) is 4.99 Å². The van der Waals surface area contributed by atoms with E-state index >= 15 is 0 Å². The van der Waals surface area contributed by atoms with Crippen molar-refractivity contribution in [3.05, 3.63) is 65.7 Å². The summed E-state index contributed by atoms with van der Waals surface area (Å²) in [6.45, 7) is 2.87. The predicted octanol–water partition coefficient (Wildman–Crippen LogP) is 2.78. The summed E-state index contributed by atoms with van der Waals surface area (Å²) >= 11 is 0. The van der Waals surface area contributed by atoms with Crippen LogP contribution in [0.2, 0.25) is 0 Å². The van der Waals surface area contributed by atoms with Crippen LogP contribution in [-0.2, 0) is 17.8 Å². The molecule has 4 heteroatoms. The van der Waals surface area contributed by atoms with Crippen molar-refractivity contribution in [1.82, 2.24) is 5.32 Å². The minimum atomic E-state index is 0.596. The molecule has 3 rings (SSSR count). The number of nitrogens with zero attached hydrogens (tertiary/aromatic N) is 1. The van der Waals surface area contributed by atoms with Crippen molar-refractivity contribution in [2.45, 2.75) is 13.0 Å². The fraction of sp³-hybridized carbons (Fsp3) is 0.278. The second-order valence-electron chi connectivity index (χ2n) is 5.13. The van der Waals surface area contributed by atoms with Crippen molar-refractivity contribution in [2.75, 3.05) is 19.7 Å². The molecular weight excluding hydrogens is 276 g/mol. The van der Waals surface area contributed by atoms with Crippen LogP contribution in [0.4, 0.5) is 0 Å². The third-order valence-electron chi connectivity index (χ3n) is 3.45. The molecule has 0 atom stereocenters. The summed E-state index contributed by atoms with van der Waals surface area (Å²) in [5, 5.41) is 3.19. The maximum Gasteiger partial charge on any atom is 0.284 e. The number of hydrogen-bond donors (Lipinski definition) is 1. The van der Waals surface area contributed by atoms with Gasteiger partial charge in [0.05, 0.1) is 6.54 Å². The van der Waals surface area contributed by atoms with E-state index in [9.17, 15) is 0 Å². The zero-order chi connectivity index (χ0) is 15.0. The first-order valence-corrected chi connectivity index (χ1v) is 7.57. The standard InChI is InChI=1S/C18H20N2O2/c1-2-4-16(5-3-1)14-22-17-8-6-15(7-9-17)10-11-19-18-20-12-13-21-18/h1-9H,10-14H2,(H,19,20). The molecule has 0 spiro atoms. The van der Waals surface area contributed by atoms with Gasteiger partial charge in [0, 0.05) is 6.54 Å². The lowest BCUT2D eigenvalue weighted by Gasteiger charge is -2.08. The highest BCUT2D eigenvalue weighted by atomic mass is 16.5. The predicted molar refractivity (Wildman–Crippen MR) is 87.2 cm³/mol. The van der Waals surface area contributed by atoms with Crippen LogP contribution in [0.15, 0.2) is 59.6 Å². The van der Waals surface area contributed by atoms with Gasteiger partial charge in [0.2, 0.25) is 0 Å². The molecule has 0 saturated carbocycles. The van der Waals surface area contributed by atoms with Crippen molar-refractivity contribution in [3.8, 4) is 5.75 Å². The van der Waals surface area contributed by atoms with Gasteiger partial charge in [0.1, 0.15) is 19.0 Å². The van der Waals surface area contributed by atoms with Gasteiger partial charge in [-0.2, -0.15) is 0 Å². The Morgan fingerprint density at radius 1 is 1.00 bits per heavy atom. The lowest BCUT2D eigenvalue weighted by molar-refractivity contribution is 0.306. The maximum atomic E-state index is 5.78. The molecule has 0 unspecified atom stereocenters. The van der Waals surface area contributed by atoms with Crippen molar-refractivity contribution in [3.63, 3.8) is 0 Å². The van der Waals surface area contributed by atoms with E-state index in [4.69, 9.17) is 9.47 Å². The zero-order valence-electron chi connectivity index (χ0n) is 12.5. The molecule has 1 aliphatic rings. The van der Waals surface area contributed by atoms with Crippen molar-refractivity contribution in [1.29, 1.82) is 0 Å². The number of aliphatic imine (C=N–C) groups is 1. The largest absolute Gasteiger partial charge is 0.489 e. The Kier molecular flexibility index (Phi) is 4.92. The Hall–Kier alpha value is -2.49. The van der Waals surface area contributed by atoms with Gasteiger partial charge in [-0.1, -0.05) is 42.5 Å². The topological polar surface area (TPSA) is 42.8 Å². The number of amidine groups is 1. The van der Waals surface area contributed by atoms with Gasteiger partial charge >= 0.3 is 0 Å². The van der Waals surface area contributed by atoms with Gasteiger partial charge in [0.15, 0.2) is 0 Å². The van der Waals surface area contributed by atoms with Gasteiger partial charge in [-0.05, 0) is 29.7 Å². The molecule has 0 aromatic heterocycles. The smallest absolute Gasteiger partial charge is 0.284 e. The number of rotatable bonds is 6. The third kappa shape index (κ3) is 4.25. The maximum absolute atomic E-state index is 5.78. The summed E-state index contributed by atoms with van der Waals surface area (Å²) in [6.07, 6.45) is 0.932. The van der Waals surface area contributed by atoms with Gasteiger partial charge in [-0.3, -0.25) is 0 Å². The molecule has 1 heterocycles. The minimum absolute atomic E-state index is 0.596. The lowest BCUT2D eigenvalue weighted by Crippen LogP contribution is -2.25. The van der Waals surface area contributed by atoms with E-state index in [2.05, 4.69) is 34.6 Å². The number of ether oxygens (including phenoxy) is 2. The summed E-state index contributed by atoms with van der Waals surface area (Å²) in [4.78, 5) is 4.20. The normalized spacial score (nSPS) is 13.4. The summed E-state index contributed by atoms with van der Waals surface area (Å²) in [6, 6.07) is 19.1. The van der Waals surface area contributed by atoms with Gasteiger partial charge < -0.3 is 14.8 Å². The van der Waals surface area contributed by atoms with Crippen molar-refractivity contribution < 1.29 is 9.47 Å². The van der Waals surface area contributed by atoms with Crippen LogP contribution in [-0.4, -0.2) is 25.7 Å².